The van der Waals surface area contributed by atoms with Crippen LogP contribution in [-0.2, 0) is 6.54 Å². The molecule has 0 aromatic carbocycles. The van der Waals surface area contributed by atoms with E-state index in [4.69, 9.17) is 0 Å². The number of hydrogen-bond acceptors (Lipinski definition) is 3. The van der Waals surface area contributed by atoms with Crippen LogP contribution in [0.15, 0.2) is 29.1 Å². The molecule has 0 saturated heterocycles. The molecule has 2 heterocycles. The minimum Gasteiger partial charge on any atom is -0.305 e. The third-order valence-electron chi connectivity index (χ3n) is 3.21. The highest BCUT2D eigenvalue weighted by molar-refractivity contribution is 9.10. The molecule has 0 aliphatic carbocycles. The maximum Gasteiger partial charge on any atom is 0.0777 e. The minimum absolute atomic E-state index is 0.107. The molecule has 0 bridgehead atoms. The van der Waals surface area contributed by atoms with Crippen LogP contribution in [0.1, 0.15) is 36.7 Å². The van der Waals surface area contributed by atoms with Gasteiger partial charge in [0.15, 0.2) is 0 Å². The molecule has 19 heavy (non-hydrogen) atoms. The van der Waals surface area contributed by atoms with E-state index >= 15 is 0 Å². The molecule has 0 aliphatic rings. The highest BCUT2D eigenvalue weighted by Crippen LogP contribution is 2.29. The van der Waals surface area contributed by atoms with Crippen molar-refractivity contribution in [2.75, 3.05) is 6.54 Å². The van der Waals surface area contributed by atoms with Gasteiger partial charge in [0, 0.05) is 18.9 Å². The summed E-state index contributed by atoms with van der Waals surface area (Å²) >= 11 is 3.61. The number of aromatic nitrogens is 3. The van der Waals surface area contributed by atoms with Crippen molar-refractivity contribution in [3.8, 4) is 0 Å². The van der Waals surface area contributed by atoms with Gasteiger partial charge in [-0.25, -0.2) is 0 Å². The van der Waals surface area contributed by atoms with Crippen LogP contribution >= 0.6 is 15.9 Å². The van der Waals surface area contributed by atoms with Gasteiger partial charge in [-0.15, -0.1) is 0 Å². The summed E-state index contributed by atoms with van der Waals surface area (Å²) in [5.41, 5.74) is 3.58. The maximum atomic E-state index is 4.40. The summed E-state index contributed by atoms with van der Waals surface area (Å²) in [5.74, 6) is 0. The van der Waals surface area contributed by atoms with Gasteiger partial charge >= 0.3 is 0 Å². The van der Waals surface area contributed by atoms with E-state index in [0.29, 0.717) is 0 Å². The summed E-state index contributed by atoms with van der Waals surface area (Å²) in [6, 6.07) is 2.15. The SMILES string of the molecule is CCNC(c1cnccc1C)c1c(Br)cnn1CC. The Morgan fingerprint density at radius 2 is 2.16 bits per heavy atom. The number of hydrogen-bond donors (Lipinski definition) is 1. The Morgan fingerprint density at radius 3 is 2.79 bits per heavy atom. The van der Waals surface area contributed by atoms with Gasteiger partial charge in [0.1, 0.15) is 0 Å². The number of aryl methyl sites for hydroxylation is 2. The Bertz CT molecular complexity index is 550. The monoisotopic (exact) mass is 322 g/mol. The minimum atomic E-state index is 0.107. The third-order valence-corrected chi connectivity index (χ3v) is 3.82. The Hall–Kier alpha value is -1.20. The normalized spacial score (nSPS) is 12.6. The lowest BCUT2D eigenvalue weighted by Crippen LogP contribution is -2.26. The molecule has 102 valence electrons. The third kappa shape index (κ3) is 2.87. The highest BCUT2D eigenvalue weighted by atomic mass is 79.9. The first-order chi connectivity index (χ1) is 9.19. The molecule has 2 aromatic heterocycles. The largest absolute Gasteiger partial charge is 0.305 e. The molecule has 0 spiro atoms. The molecule has 0 fully saturated rings. The molecular formula is C14H19BrN4. The fourth-order valence-electron chi connectivity index (χ4n) is 2.25. The Kier molecular flexibility index (Phi) is 4.71. The summed E-state index contributed by atoms with van der Waals surface area (Å²) < 4.78 is 3.05. The molecule has 0 aliphatic heterocycles. The Morgan fingerprint density at radius 1 is 1.37 bits per heavy atom. The molecule has 0 saturated carbocycles. The van der Waals surface area contributed by atoms with Crippen molar-refractivity contribution in [2.45, 2.75) is 33.4 Å². The average Bonchev–Trinajstić information content (AvgIpc) is 2.78. The Balaban J connectivity index is 2.51. The van der Waals surface area contributed by atoms with Crippen LogP contribution in [0.25, 0.3) is 0 Å². The van der Waals surface area contributed by atoms with E-state index in [0.717, 1.165) is 23.3 Å². The summed E-state index contributed by atoms with van der Waals surface area (Å²) in [4.78, 5) is 4.26. The van der Waals surface area contributed by atoms with Crippen LogP contribution in [0.2, 0.25) is 0 Å². The molecule has 1 unspecified atom stereocenters. The van der Waals surface area contributed by atoms with Crippen molar-refractivity contribution in [3.63, 3.8) is 0 Å². The highest BCUT2D eigenvalue weighted by Gasteiger charge is 2.22. The van der Waals surface area contributed by atoms with Gasteiger partial charge in [-0.3, -0.25) is 9.67 Å². The predicted octanol–water partition coefficient (Wildman–Crippen LogP) is 3.07. The zero-order valence-electron chi connectivity index (χ0n) is 11.5. The molecule has 2 aromatic rings. The maximum absolute atomic E-state index is 4.40. The second-order valence-corrected chi connectivity index (χ2v) is 5.27. The summed E-state index contributed by atoms with van der Waals surface area (Å²) in [5, 5.41) is 7.93. The van der Waals surface area contributed by atoms with Crippen molar-refractivity contribution < 1.29 is 0 Å². The number of rotatable bonds is 5. The zero-order valence-corrected chi connectivity index (χ0v) is 13.1. The van der Waals surface area contributed by atoms with Gasteiger partial charge in [0.25, 0.3) is 0 Å². The lowest BCUT2D eigenvalue weighted by Gasteiger charge is -2.21. The van der Waals surface area contributed by atoms with E-state index in [1.807, 2.05) is 29.3 Å². The van der Waals surface area contributed by atoms with Crippen LogP contribution in [-0.4, -0.2) is 21.3 Å². The number of nitrogens with zero attached hydrogens (tertiary/aromatic N) is 3. The molecule has 0 radical (unpaired) electrons. The van der Waals surface area contributed by atoms with Crippen LogP contribution < -0.4 is 5.32 Å². The molecule has 1 atom stereocenters. The lowest BCUT2D eigenvalue weighted by atomic mass is 10.0. The topological polar surface area (TPSA) is 42.7 Å². The van der Waals surface area contributed by atoms with Crippen molar-refractivity contribution in [1.29, 1.82) is 0 Å². The van der Waals surface area contributed by atoms with Gasteiger partial charge in [0.05, 0.1) is 22.4 Å². The smallest absolute Gasteiger partial charge is 0.0777 e. The van der Waals surface area contributed by atoms with Gasteiger partial charge < -0.3 is 5.32 Å². The summed E-state index contributed by atoms with van der Waals surface area (Å²) in [7, 11) is 0. The average molecular weight is 323 g/mol. The fourth-order valence-corrected chi connectivity index (χ4v) is 2.77. The van der Waals surface area contributed by atoms with Crippen molar-refractivity contribution in [3.05, 3.63) is 46.0 Å². The lowest BCUT2D eigenvalue weighted by molar-refractivity contribution is 0.538. The van der Waals surface area contributed by atoms with Crippen LogP contribution in [0.3, 0.4) is 0 Å². The summed E-state index contributed by atoms with van der Waals surface area (Å²) in [6.45, 7) is 8.06. The summed E-state index contributed by atoms with van der Waals surface area (Å²) in [6.07, 6.45) is 5.62. The molecular weight excluding hydrogens is 304 g/mol. The van der Waals surface area contributed by atoms with E-state index in [-0.39, 0.29) is 6.04 Å². The van der Waals surface area contributed by atoms with Crippen LogP contribution in [0.5, 0.6) is 0 Å². The van der Waals surface area contributed by atoms with Gasteiger partial charge in [-0.2, -0.15) is 5.10 Å². The standard InChI is InChI=1S/C14H19BrN4/c1-4-17-13(11-8-16-7-6-10(11)3)14-12(15)9-18-19(14)5-2/h6-9,13,17H,4-5H2,1-3H3. The van der Waals surface area contributed by atoms with Gasteiger partial charge in [0.2, 0.25) is 0 Å². The molecule has 4 nitrogen and oxygen atoms in total. The quantitative estimate of drug-likeness (QED) is 0.919. The van der Waals surface area contributed by atoms with E-state index in [1.165, 1.54) is 11.1 Å². The molecule has 0 amide bonds. The second-order valence-electron chi connectivity index (χ2n) is 4.42. The van der Waals surface area contributed by atoms with Crippen molar-refractivity contribution in [1.82, 2.24) is 20.1 Å². The first kappa shape index (κ1) is 14.2. The number of nitrogens with one attached hydrogen (secondary N) is 1. The predicted molar refractivity (Wildman–Crippen MR) is 80.1 cm³/mol. The molecule has 1 N–H and O–H groups in total. The number of halogens is 1. The fraction of sp³-hybridized carbons (Fsp3) is 0.429. The van der Waals surface area contributed by atoms with Crippen molar-refractivity contribution in [2.24, 2.45) is 0 Å². The van der Waals surface area contributed by atoms with E-state index in [2.05, 4.69) is 52.1 Å². The zero-order chi connectivity index (χ0) is 13.8. The van der Waals surface area contributed by atoms with Crippen LogP contribution in [0, 0.1) is 6.92 Å². The van der Waals surface area contributed by atoms with Gasteiger partial charge in [-0.05, 0) is 53.5 Å². The molecule has 5 heteroatoms. The van der Waals surface area contributed by atoms with Gasteiger partial charge in [-0.1, -0.05) is 6.92 Å². The van der Waals surface area contributed by atoms with E-state index in [1.54, 1.807) is 0 Å². The first-order valence-electron chi connectivity index (χ1n) is 6.54. The van der Waals surface area contributed by atoms with Crippen LogP contribution in [0.4, 0.5) is 0 Å². The first-order valence-corrected chi connectivity index (χ1v) is 7.33. The van der Waals surface area contributed by atoms with E-state index < -0.39 is 0 Å². The number of pyridine rings is 1. The second kappa shape index (κ2) is 6.30. The molecule has 2 rings (SSSR count). The van der Waals surface area contributed by atoms with Crippen molar-refractivity contribution >= 4 is 15.9 Å². The Labute approximate surface area is 122 Å². The van der Waals surface area contributed by atoms with E-state index in [9.17, 15) is 0 Å².